The van der Waals surface area contributed by atoms with Crippen molar-refractivity contribution in [2.45, 2.75) is 44.9 Å². The minimum absolute atomic E-state index is 0.197. The van der Waals surface area contributed by atoms with Crippen LogP contribution in [0.15, 0.2) is 12.2 Å². The van der Waals surface area contributed by atoms with E-state index in [9.17, 15) is 0 Å². The minimum Gasteiger partial charge on any atom is -0.119 e. The van der Waals surface area contributed by atoms with Crippen LogP contribution in [0, 0.1) is 11.8 Å². The fraction of sp³-hybridized carbons (Fsp3) is 0.818. The van der Waals surface area contributed by atoms with Gasteiger partial charge in [-0.2, -0.15) is 0 Å². The molecule has 0 aromatic rings. The molecular formula is C11H19Cl. The summed E-state index contributed by atoms with van der Waals surface area (Å²) in [6.07, 6.45) is 9.98. The molecule has 0 aromatic carbocycles. The first-order valence-electron chi connectivity index (χ1n) is 5.01. The van der Waals surface area contributed by atoms with Crippen molar-refractivity contribution in [2.75, 3.05) is 0 Å². The number of halogens is 1. The van der Waals surface area contributed by atoms with Crippen LogP contribution in [0.4, 0.5) is 0 Å². The van der Waals surface area contributed by atoms with E-state index in [1.165, 1.54) is 25.7 Å². The Bertz CT molecular complexity index is 149. The van der Waals surface area contributed by atoms with Gasteiger partial charge in [0.05, 0.1) is 0 Å². The lowest BCUT2D eigenvalue weighted by Gasteiger charge is -2.24. The van der Waals surface area contributed by atoms with Crippen molar-refractivity contribution in [3.05, 3.63) is 12.2 Å². The summed E-state index contributed by atoms with van der Waals surface area (Å²) in [5.41, 5.74) is 0. The molecule has 3 unspecified atom stereocenters. The molecule has 1 fully saturated rings. The Labute approximate surface area is 81.0 Å². The molecule has 0 bridgehead atoms. The summed E-state index contributed by atoms with van der Waals surface area (Å²) in [4.78, 5) is 0. The van der Waals surface area contributed by atoms with E-state index < -0.39 is 0 Å². The Morgan fingerprint density at radius 1 is 1.42 bits per heavy atom. The van der Waals surface area contributed by atoms with E-state index in [-0.39, 0.29) is 5.38 Å². The standard InChI is InChI=1S/C11H19Cl/c1-9-4-3-5-11(8-9)7-6-10(2)12/h6-7,9-11H,3-5,8H2,1-2H3/b7-6+. The summed E-state index contributed by atoms with van der Waals surface area (Å²) in [6.45, 7) is 4.37. The van der Waals surface area contributed by atoms with Gasteiger partial charge in [0, 0.05) is 5.38 Å². The zero-order valence-corrected chi connectivity index (χ0v) is 8.85. The van der Waals surface area contributed by atoms with Gasteiger partial charge in [-0.3, -0.25) is 0 Å². The van der Waals surface area contributed by atoms with Gasteiger partial charge in [-0.1, -0.05) is 31.9 Å². The van der Waals surface area contributed by atoms with E-state index in [4.69, 9.17) is 11.6 Å². The lowest BCUT2D eigenvalue weighted by Crippen LogP contribution is -2.11. The maximum Gasteiger partial charge on any atom is 0.0487 e. The van der Waals surface area contributed by atoms with Crippen molar-refractivity contribution >= 4 is 11.6 Å². The number of allylic oxidation sites excluding steroid dienone is 2. The maximum absolute atomic E-state index is 5.85. The highest BCUT2D eigenvalue weighted by Crippen LogP contribution is 2.29. The number of alkyl halides is 1. The second-order valence-electron chi connectivity index (χ2n) is 4.09. The van der Waals surface area contributed by atoms with Gasteiger partial charge in [-0.15, -0.1) is 11.6 Å². The first-order chi connectivity index (χ1) is 5.68. The summed E-state index contributed by atoms with van der Waals surface area (Å²) < 4.78 is 0. The fourth-order valence-electron chi connectivity index (χ4n) is 1.97. The predicted molar refractivity (Wildman–Crippen MR) is 55.6 cm³/mol. The van der Waals surface area contributed by atoms with Crippen LogP contribution in [0.5, 0.6) is 0 Å². The van der Waals surface area contributed by atoms with Crippen LogP contribution in [-0.2, 0) is 0 Å². The van der Waals surface area contributed by atoms with Gasteiger partial charge in [0.15, 0.2) is 0 Å². The smallest absolute Gasteiger partial charge is 0.0487 e. The van der Waals surface area contributed by atoms with Crippen LogP contribution in [0.1, 0.15) is 39.5 Å². The van der Waals surface area contributed by atoms with Gasteiger partial charge in [0.2, 0.25) is 0 Å². The molecule has 0 aliphatic heterocycles. The molecule has 1 aliphatic rings. The average molecular weight is 187 g/mol. The highest BCUT2D eigenvalue weighted by atomic mass is 35.5. The van der Waals surface area contributed by atoms with Gasteiger partial charge >= 0.3 is 0 Å². The van der Waals surface area contributed by atoms with E-state index in [0.29, 0.717) is 0 Å². The molecule has 70 valence electrons. The molecule has 12 heavy (non-hydrogen) atoms. The van der Waals surface area contributed by atoms with Crippen molar-refractivity contribution in [1.29, 1.82) is 0 Å². The molecule has 0 radical (unpaired) electrons. The van der Waals surface area contributed by atoms with Crippen molar-refractivity contribution in [1.82, 2.24) is 0 Å². The average Bonchev–Trinajstić information content (AvgIpc) is 2.01. The van der Waals surface area contributed by atoms with Gasteiger partial charge in [0.1, 0.15) is 0 Å². The summed E-state index contributed by atoms with van der Waals surface area (Å²) in [7, 11) is 0. The van der Waals surface area contributed by atoms with Gasteiger partial charge in [-0.25, -0.2) is 0 Å². The van der Waals surface area contributed by atoms with Crippen LogP contribution in [0.3, 0.4) is 0 Å². The van der Waals surface area contributed by atoms with Gasteiger partial charge < -0.3 is 0 Å². The Morgan fingerprint density at radius 2 is 2.17 bits per heavy atom. The minimum atomic E-state index is 0.197. The van der Waals surface area contributed by atoms with Crippen LogP contribution in [0.2, 0.25) is 0 Å². The highest BCUT2D eigenvalue weighted by molar-refractivity contribution is 6.21. The zero-order chi connectivity index (χ0) is 8.97. The Kier molecular flexibility index (Phi) is 4.14. The van der Waals surface area contributed by atoms with E-state index in [0.717, 1.165) is 11.8 Å². The molecule has 0 amide bonds. The first-order valence-corrected chi connectivity index (χ1v) is 5.44. The normalized spacial score (nSPS) is 33.9. The summed E-state index contributed by atoms with van der Waals surface area (Å²) >= 11 is 5.85. The van der Waals surface area contributed by atoms with Crippen molar-refractivity contribution in [3.63, 3.8) is 0 Å². The quantitative estimate of drug-likeness (QED) is 0.452. The van der Waals surface area contributed by atoms with Crippen molar-refractivity contribution in [3.8, 4) is 0 Å². The zero-order valence-electron chi connectivity index (χ0n) is 8.09. The topological polar surface area (TPSA) is 0 Å². The Balaban J connectivity index is 2.31. The van der Waals surface area contributed by atoms with Gasteiger partial charge in [0.25, 0.3) is 0 Å². The SMILES string of the molecule is CC(Cl)/C=C/C1CCCC(C)C1. The molecule has 1 aliphatic carbocycles. The summed E-state index contributed by atoms with van der Waals surface area (Å²) in [5.74, 6) is 1.72. The van der Waals surface area contributed by atoms with E-state index in [1.807, 2.05) is 6.92 Å². The fourth-order valence-corrected chi connectivity index (χ4v) is 2.05. The van der Waals surface area contributed by atoms with E-state index >= 15 is 0 Å². The van der Waals surface area contributed by atoms with Crippen LogP contribution in [0.25, 0.3) is 0 Å². The van der Waals surface area contributed by atoms with E-state index in [2.05, 4.69) is 19.1 Å². The maximum atomic E-state index is 5.85. The molecule has 0 heterocycles. The summed E-state index contributed by atoms with van der Waals surface area (Å²) in [6, 6.07) is 0. The molecule has 1 rings (SSSR count). The molecular weight excluding hydrogens is 168 g/mol. The molecule has 0 N–H and O–H groups in total. The third-order valence-corrected chi connectivity index (χ3v) is 2.77. The van der Waals surface area contributed by atoms with Crippen molar-refractivity contribution < 1.29 is 0 Å². The molecule has 0 saturated heterocycles. The summed E-state index contributed by atoms with van der Waals surface area (Å²) in [5, 5.41) is 0.197. The molecule has 1 saturated carbocycles. The lowest BCUT2D eigenvalue weighted by atomic mass is 9.82. The largest absolute Gasteiger partial charge is 0.119 e. The molecule has 3 atom stereocenters. The molecule has 0 spiro atoms. The third-order valence-electron chi connectivity index (χ3n) is 2.63. The van der Waals surface area contributed by atoms with Crippen molar-refractivity contribution in [2.24, 2.45) is 11.8 Å². The highest BCUT2D eigenvalue weighted by Gasteiger charge is 2.16. The van der Waals surface area contributed by atoms with E-state index in [1.54, 1.807) is 0 Å². The number of hydrogen-bond donors (Lipinski definition) is 0. The Morgan fingerprint density at radius 3 is 2.75 bits per heavy atom. The van der Waals surface area contributed by atoms with Crippen LogP contribution in [-0.4, -0.2) is 5.38 Å². The monoisotopic (exact) mass is 186 g/mol. The second kappa shape index (κ2) is 4.91. The second-order valence-corrected chi connectivity index (χ2v) is 4.78. The van der Waals surface area contributed by atoms with Crippen LogP contribution < -0.4 is 0 Å². The van der Waals surface area contributed by atoms with Crippen LogP contribution >= 0.6 is 11.6 Å². The molecule has 0 nitrogen and oxygen atoms in total. The lowest BCUT2D eigenvalue weighted by molar-refractivity contribution is 0.325. The number of hydrogen-bond acceptors (Lipinski definition) is 0. The third kappa shape index (κ3) is 3.62. The molecule has 1 heteroatoms. The predicted octanol–water partition coefficient (Wildman–Crippen LogP) is 4.00. The van der Waals surface area contributed by atoms with Gasteiger partial charge in [-0.05, 0) is 31.6 Å². The first kappa shape index (κ1) is 10.1. The molecule has 0 aromatic heterocycles. The number of rotatable bonds is 2. The Hall–Kier alpha value is 0.0300.